The van der Waals surface area contributed by atoms with Gasteiger partial charge in [0.25, 0.3) is 5.91 Å². The number of halogens is 2. The fourth-order valence-electron chi connectivity index (χ4n) is 2.53. The van der Waals surface area contributed by atoms with Crippen molar-refractivity contribution in [1.29, 1.82) is 0 Å². The van der Waals surface area contributed by atoms with Crippen molar-refractivity contribution < 1.29 is 4.79 Å². The van der Waals surface area contributed by atoms with E-state index < -0.39 is 0 Å². The van der Waals surface area contributed by atoms with Crippen molar-refractivity contribution >= 4 is 47.4 Å². The van der Waals surface area contributed by atoms with Gasteiger partial charge in [0.15, 0.2) is 5.96 Å². The lowest BCUT2D eigenvalue weighted by atomic mass is 10.1. The molecule has 0 atom stereocenters. The van der Waals surface area contributed by atoms with E-state index in [1.807, 2.05) is 48.5 Å². The lowest BCUT2D eigenvalue weighted by Crippen LogP contribution is -2.39. The highest BCUT2D eigenvalue weighted by Gasteiger charge is 2.04. The number of aliphatic imine (C=N–C) groups is 1. The molecule has 0 heterocycles. The van der Waals surface area contributed by atoms with Crippen molar-refractivity contribution in [2.75, 3.05) is 27.2 Å². The minimum atomic E-state index is -0.0699. The van der Waals surface area contributed by atoms with E-state index in [0.717, 1.165) is 42.5 Å². The van der Waals surface area contributed by atoms with Crippen molar-refractivity contribution in [3.8, 4) is 0 Å². The Labute approximate surface area is 183 Å². The first-order chi connectivity index (χ1) is 12.6. The Morgan fingerprint density at radius 3 is 2.22 bits per heavy atom. The van der Waals surface area contributed by atoms with E-state index >= 15 is 0 Å². The molecule has 146 valence electrons. The molecule has 2 rings (SSSR count). The largest absolute Gasteiger partial charge is 0.356 e. The maximum Gasteiger partial charge on any atom is 0.251 e. The lowest BCUT2D eigenvalue weighted by Gasteiger charge is -2.12. The number of benzene rings is 2. The Kier molecular flexibility index (Phi) is 10.8. The number of hydrogen-bond acceptors (Lipinski definition) is 2. The van der Waals surface area contributed by atoms with E-state index in [0.29, 0.717) is 5.56 Å². The normalized spacial score (nSPS) is 10.7. The van der Waals surface area contributed by atoms with Gasteiger partial charge < -0.3 is 16.0 Å². The maximum atomic E-state index is 11.7. The fraction of sp³-hybridized carbons (Fsp3) is 0.300. The second-order valence-corrected chi connectivity index (χ2v) is 6.27. The zero-order valence-corrected chi connectivity index (χ0v) is 18.7. The van der Waals surface area contributed by atoms with Crippen LogP contribution in [0, 0.1) is 0 Å². The van der Waals surface area contributed by atoms with Crippen LogP contribution in [0.5, 0.6) is 0 Å². The molecule has 0 aliphatic carbocycles. The summed E-state index contributed by atoms with van der Waals surface area (Å²) >= 11 is 5.89. The quantitative estimate of drug-likeness (QED) is 0.311. The topological polar surface area (TPSA) is 65.5 Å². The smallest absolute Gasteiger partial charge is 0.251 e. The van der Waals surface area contributed by atoms with Crippen LogP contribution in [-0.2, 0) is 12.8 Å². The van der Waals surface area contributed by atoms with Crippen molar-refractivity contribution in [3.05, 3.63) is 70.2 Å². The number of carbonyl (C=O) groups excluding carboxylic acids is 1. The Balaban J connectivity index is 0.00000364. The fourth-order valence-corrected chi connectivity index (χ4v) is 2.66. The van der Waals surface area contributed by atoms with Gasteiger partial charge in [-0.3, -0.25) is 9.79 Å². The molecule has 0 fully saturated rings. The van der Waals surface area contributed by atoms with E-state index in [9.17, 15) is 4.79 Å². The molecule has 0 saturated carbocycles. The molecule has 0 spiro atoms. The van der Waals surface area contributed by atoms with E-state index in [-0.39, 0.29) is 29.9 Å². The first kappa shape index (κ1) is 23.2. The Morgan fingerprint density at radius 1 is 1.00 bits per heavy atom. The van der Waals surface area contributed by atoms with Crippen molar-refractivity contribution in [2.45, 2.75) is 12.8 Å². The van der Waals surface area contributed by atoms with Gasteiger partial charge in [-0.2, -0.15) is 0 Å². The molecule has 2 aromatic carbocycles. The van der Waals surface area contributed by atoms with Gasteiger partial charge in [-0.1, -0.05) is 35.9 Å². The van der Waals surface area contributed by atoms with Gasteiger partial charge in [-0.05, 0) is 48.2 Å². The molecule has 0 unspecified atom stereocenters. The third-order valence-corrected chi connectivity index (χ3v) is 4.22. The summed E-state index contributed by atoms with van der Waals surface area (Å²) < 4.78 is 0. The van der Waals surface area contributed by atoms with Gasteiger partial charge in [0, 0.05) is 37.8 Å². The van der Waals surface area contributed by atoms with Crippen LogP contribution >= 0.6 is 35.6 Å². The number of nitrogens with one attached hydrogen (secondary N) is 3. The first-order valence-corrected chi connectivity index (χ1v) is 9.00. The SMILES string of the molecule is CN=C(NCCc1ccc(Cl)cc1)NCCc1cccc(C(=O)NC)c1.I. The molecule has 0 bridgehead atoms. The molecule has 0 radical (unpaired) electrons. The molecule has 0 aromatic heterocycles. The monoisotopic (exact) mass is 500 g/mol. The van der Waals surface area contributed by atoms with Crippen LogP contribution in [0.2, 0.25) is 5.02 Å². The summed E-state index contributed by atoms with van der Waals surface area (Å²) in [6.45, 7) is 1.52. The number of amides is 1. The molecule has 0 saturated heterocycles. The van der Waals surface area contributed by atoms with Crippen LogP contribution in [0.4, 0.5) is 0 Å². The highest BCUT2D eigenvalue weighted by Crippen LogP contribution is 2.09. The molecule has 3 N–H and O–H groups in total. The number of nitrogens with zero attached hydrogens (tertiary/aromatic N) is 1. The summed E-state index contributed by atoms with van der Waals surface area (Å²) in [4.78, 5) is 15.9. The molecule has 5 nitrogen and oxygen atoms in total. The van der Waals surface area contributed by atoms with Crippen LogP contribution in [0.3, 0.4) is 0 Å². The minimum absolute atomic E-state index is 0. The van der Waals surface area contributed by atoms with Crippen molar-refractivity contribution in [3.63, 3.8) is 0 Å². The number of hydrogen-bond donors (Lipinski definition) is 3. The maximum absolute atomic E-state index is 11.7. The van der Waals surface area contributed by atoms with Crippen LogP contribution in [-0.4, -0.2) is 39.1 Å². The lowest BCUT2D eigenvalue weighted by molar-refractivity contribution is 0.0963. The summed E-state index contributed by atoms with van der Waals surface area (Å²) in [5.74, 6) is 0.695. The standard InChI is InChI=1S/C20H25ClN4O.HI/c1-22-19(26)17-5-3-4-16(14-17)11-13-25-20(23-2)24-12-10-15-6-8-18(21)9-7-15;/h3-9,14H,10-13H2,1-2H3,(H,22,26)(H2,23,24,25);1H. The minimum Gasteiger partial charge on any atom is -0.356 e. The second kappa shape index (κ2) is 12.6. The average Bonchev–Trinajstić information content (AvgIpc) is 2.67. The van der Waals surface area contributed by atoms with Gasteiger partial charge in [0.05, 0.1) is 0 Å². The zero-order valence-electron chi connectivity index (χ0n) is 15.6. The zero-order chi connectivity index (χ0) is 18.8. The molecule has 0 aliphatic rings. The van der Waals surface area contributed by atoms with E-state index in [1.54, 1.807) is 14.1 Å². The van der Waals surface area contributed by atoms with Crippen molar-refractivity contribution in [1.82, 2.24) is 16.0 Å². The summed E-state index contributed by atoms with van der Waals surface area (Å²) in [5, 5.41) is 9.98. The summed E-state index contributed by atoms with van der Waals surface area (Å²) in [6, 6.07) is 15.5. The van der Waals surface area contributed by atoms with Gasteiger partial charge in [-0.25, -0.2) is 0 Å². The van der Waals surface area contributed by atoms with Crippen LogP contribution < -0.4 is 16.0 Å². The predicted molar refractivity (Wildman–Crippen MR) is 123 cm³/mol. The molecule has 7 heteroatoms. The van der Waals surface area contributed by atoms with Crippen LogP contribution in [0.15, 0.2) is 53.5 Å². The number of carbonyl (C=O) groups is 1. The Bertz CT molecular complexity index is 750. The Hall–Kier alpha value is -1.80. The number of guanidine groups is 1. The average molecular weight is 501 g/mol. The first-order valence-electron chi connectivity index (χ1n) is 8.62. The predicted octanol–water partition coefficient (Wildman–Crippen LogP) is 3.27. The molecular formula is C20H26ClIN4O. The molecular weight excluding hydrogens is 475 g/mol. The number of rotatable bonds is 7. The molecule has 2 aromatic rings. The van der Waals surface area contributed by atoms with E-state index in [2.05, 4.69) is 20.9 Å². The highest BCUT2D eigenvalue weighted by atomic mass is 127. The van der Waals surface area contributed by atoms with Crippen LogP contribution in [0.25, 0.3) is 0 Å². The van der Waals surface area contributed by atoms with Gasteiger partial charge in [0.2, 0.25) is 0 Å². The van der Waals surface area contributed by atoms with Crippen LogP contribution in [0.1, 0.15) is 21.5 Å². The van der Waals surface area contributed by atoms with Gasteiger partial charge in [-0.15, -0.1) is 24.0 Å². The summed E-state index contributed by atoms with van der Waals surface area (Å²) in [7, 11) is 3.39. The highest BCUT2D eigenvalue weighted by molar-refractivity contribution is 14.0. The summed E-state index contributed by atoms with van der Waals surface area (Å²) in [6.07, 6.45) is 1.70. The van der Waals surface area contributed by atoms with Gasteiger partial charge in [0.1, 0.15) is 0 Å². The third kappa shape index (κ3) is 8.17. The van der Waals surface area contributed by atoms with Crippen molar-refractivity contribution in [2.24, 2.45) is 4.99 Å². The summed E-state index contributed by atoms with van der Waals surface area (Å²) in [5.41, 5.74) is 3.01. The second-order valence-electron chi connectivity index (χ2n) is 5.83. The Morgan fingerprint density at radius 2 is 1.63 bits per heavy atom. The molecule has 0 aliphatic heterocycles. The van der Waals surface area contributed by atoms with E-state index in [1.165, 1.54) is 5.56 Å². The molecule has 1 amide bonds. The van der Waals surface area contributed by atoms with E-state index in [4.69, 9.17) is 11.6 Å². The molecule has 27 heavy (non-hydrogen) atoms. The third-order valence-electron chi connectivity index (χ3n) is 3.97. The van der Waals surface area contributed by atoms with Gasteiger partial charge >= 0.3 is 0 Å².